The van der Waals surface area contributed by atoms with Crippen LogP contribution < -0.4 is 20.7 Å². The van der Waals surface area contributed by atoms with Gasteiger partial charge in [-0.2, -0.15) is 0 Å². The number of carbonyl (C=O) groups is 2. The Morgan fingerprint density at radius 1 is 1.11 bits per heavy atom. The minimum atomic E-state index is -0.384. The van der Waals surface area contributed by atoms with E-state index < -0.39 is 0 Å². The Morgan fingerprint density at radius 2 is 1.82 bits per heavy atom. The van der Waals surface area contributed by atoms with Crippen LogP contribution in [0, 0.1) is 5.92 Å². The average Bonchev–Trinajstić information content (AvgIpc) is 3.54. The molecule has 0 bridgehead atoms. The van der Waals surface area contributed by atoms with Gasteiger partial charge in [0.1, 0.15) is 11.8 Å². The van der Waals surface area contributed by atoms with Crippen molar-refractivity contribution in [2.45, 2.75) is 32.2 Å². The second-order valence-corrected chi connectivity index (χ2v) is 7.10. The molecule has 148 valence electrons. The van der Waals surface area contributed by atoms with Crippen LogP contribution >= 0.6 is 0 Å². The van der Waals surface area contributed by atoms with Crippen molar-refractivity contribution in [1.82, 2.24) is 5.32 Å². The number of carbonyl (C=O) groups excluding carboxylic acids is 2. The van der Waals surface area contributed by atoms with Crippen molar-refractivity contribution in [3.63, 3.8) is 0 Å². The number of hydrogen-bond donors (Lipinski definition) is 3. The molecule has 1 saturated carbocycles. The van der Waals surface area contributed by atoms with Gasteiger partial charge in [-0.1, -0.05) is 18.2 Å². The zero-order valence-corrected chi connectivity index (χ0v) is 16.3. The molecular weight excluding hydrogens is 354 g/mol. The molecule has 6 nitrogen and oxygen atoms in total. The van der Waals surface area contributed by atoms with Crippen molar-refractivity contribution in [3.05, 3.63) is 54.1 Å². The van der Waals surface area contributed by atoms with E-state index in [-0.39, 0.29) is 23.8 Å². The SMILES string of the molecule is COc1ccc(CCNC(=O)C(C)Nc2cccc(NC(=O)C3CC3)c2)cc1. The lowest BCUT2D eigenvalue weighted by atomic mass is 10.1. The molecule has 1 aliphatic rings. The fourth-order valence-electron chi connectivity index (χ4n) is 2.87. The van der Waals surface area contributed by atoms with E-state index >= 15 is 0 Å². The first kappa shape index (κ1) is 19.7. The zero-order valence-electron chi connectivity index (χ0n) is 16.3. The van der Waals surface area contributed by atoms with Crippen molar-refractivity contribution >= 4 is 23.2 Å². The third-order valence-electron chi connectivity index (χ3n) is 4.73. The lowest BCUT2D eigenvalue weighted by molar-refractivity contribution is -0.121. The van der Waals surface area contributed by atoms with Gasteiger partial charge >= 0.3 is 0 Å². The number of nitrogens with one attached hydrogen (secondary N) is 3. The fourth-order valence-corrected chi connectivity index (χ4v) is 2.87. The zero-order chi connectivity index (χ0) is 19.9. The van der Waals surface area contributed by atoms with Crippen LogP contribution in [-0.4, -0.2) is 31.5 Å². The van der Waals surface area contributed by atoms with Gasteiger partial charge < -0.3 is 20.7 Å². The minimum absolute atomic E-state index is 0.0686. The molecule has 2 amide bonds. The largest absolute Gasteiger partial charge is 0.497 e. The summed E-state index contributed by atoms with van der Waals surface area (Å²) in [6.45, 7) is 2.38. The number of benzene rings is 2. The monoisotopic (exact) mass is 381 g/mol. The summed E-state index contributed by atoms with van der Waals surface area (Å²) < 4.78 is 5.14. The molecule has 0 radical (unpaired) electrons. The van der Waals surface area contributed by atoms with Crippen LogP contribution in [0.1, 0.15) is 25.3 Å². The van der Waals surface area contributed by atoms with E-state index in [1.165, 1.54) is 0 Å². The number of ether oxygens (including phenoxy) is 1. The molecule has 28 heavy (non-hydrogen) atoms. The molecule has 0 spiro atoms. The summed E-state index contributed by atoms with van der Waals surface area (Å²) in [6, 6.07) is 14.9. The van der Waals surface area contributed by atoms with Gasteiger partial charge in [-0.05, 0) is 62.1 Å². The molecule has 6 heteroatoms. The van der Waals surface area contributed by atoms with Crippen LogP contribution in [0.15, 0.2) is 48.5 Å². The Hall–Kier alpha value is -3.02. The summed E-state index contributed by atoms with van der Waals surface area (Å²) in [5.74, 6) is 0.982. The van der Waals surface area contributed by atoms with Gasteiger partial charge in [0.2, 0.25) is 11.8 Å². The predicted molar refractivity (Wildman–Crippen MR) is 111 cm³/mol. The maximum absolute atomic E-state index is 12.3. The number of hydrogen-bond acceptors (Lipinski definition) is 4. The van der Waals surface area contributed by atoms with E-state index in [0.717, 1.165) is 42.0 Å². The van der Waals surface area contributed by atoms with E-state index in [9.17, 15) is 9.59 Å². The molecule has 2 aromatic rings. The standard InChI is InChI=1S/C22H27N3O3/c1-15(21(26)23-13-12-16-6-10-20(28-2)11-7-16)24-18-4-3-5-19(14-18)25-22(27)17-8-9-17/h3-7,10-11,14-15,17,24H,8-9,12-13H2,1-2H3,(H,23,26)(H,25,27). The molecule has 1 aliphatic carbocycles. The van der Waals surface area contributed by atoms with E-state index in [1.54, 1.807) is 7.11 Å². The highest BCUT2D eigenvalue weighted by Gasteiger charge is 2.29. The van der Waals surface area contributed by atoms with Crippen LogP contribution in [0.5, 0.6) is 5.75 Å². The maximum Gasteiger partial charge on any atom is 0.242 e. The number of rotatable bonds is 9. The molecule has 1 atom stereocenters. The highest BCUT2D eigenvalue weighted by molar-refractivity contribution is 5.94. The summed E-state index contributed by atoms with van der Waals surface area (Å²) in [5.41, 5.74) is 2.68. The first-order valence-electron chi connectivity index (χ1n) is 9.63. The summed E-state index contributed by atoms with van der Waals surface area (Å²) in [5, 5.41) is 9.05. The molecule has 0 aliphatic heterocycles. The molecule has 0 heterocycles. The van der Waals surface area contributed by atoms with Crippen LogP contribution in [-0.2, 0) is 16.0 Å². The molecular formula is C22H27N3O3. The fraction of sp³-hybridized carbons (Fsp3) is 0.364. The van der Waals surface area contributed by atoms with Gasteiger partial charge in [-0.3, -0.25) is 9.59 Å². The van der Waals surface area contributed by atoms with Gasteiger partial charge in [-0.25, -0.2) is 0 Å². The van der Waals surface area contributed by atoms with Crippen LogP contribution in [0.25, 0.3) is 0 Å². The average molecular weight is 381 g/mol. The Balaban J connectivity index is 1.44. The Bertz CT molecular complexity index is 816. The molecule has 3 N–H and O–H groups in total. The summed E-state index contributed by atoms with van der Waals surface area (Å²) in [4.78, 5) is 24.2. The third-order valence-corrected chi connectivity index (χ3v) is 4.73. The molecule has 1 fully saturated rings. The maximum atomic E-state index is 12.3. The molecule has 0 aromatic heterocycles. The Kier molecular flexibility index (Phi) is 6.53. The van der Waals surface area contributed by atoms with Crippen molar-refractivity contribution in [1.29, 1.82) is 0 Å². The van der Waals surface area contributed by atoms with Gasteiger partial charge in [0.05, 0.1) is 7.11 Å². The molecule has 0 saturated heterocycles. The third kappa shape index (κ3) is 5.74. The van der Waals surface area contributed by atoms with Crippen molar-refractivity contribution in [3.8, 4) is 5.75 Å². The van der Waals surface area contributed by atoms with Gasteiger partial charge in [0.25, 0.3) is 0 Å². The first-order chi connectivity index (χ1) is 13.5. The first-order valence-corrected chi connectivity index (χ1v) is 9.63. The van der Waals surface area contributed by atoms with Gasteiger partial charge in [-0.15, -0.1) is 0 Å². The summed E-state index contributed by atoms with van der Waals surface area (Å²) in [6.07, 6.45) is 2.69. The minimum Gasteiger partial charge on any atom is -0.497 e. The number of anilines is 2. The highest BCUT2D eigenvalue weighted by atomic mass is 16.5. The van der Waals surface area contributed by atoms with Crippen molar-refractivity contribution in [2.24, 2.45) is 5.92 Å². The van der Waals surface area contributed by atoms with Gasteiger partial charge in [0, 0.05) is 23.8 Å². The number of methoxy groups -OCH3 is 1. The lowest BCUT2D eigenvalue weighted by Crippen LogP contribution is -2.38. The van der Waals surface area contributed by atoms with Gasteiger partial charge in [0.15, 0.2) is 0 Å². The predicted octanol–water partition coefficient (Wildman–Crippen LogP) is 3.20. The van der Waals surface area contributed by atoms with E-state index in [1.807, 2.05) is 55.5 Å². The quantitative estimate of drug-likeness (QED) is 0.623. The molecule has 1 unspecified atom stereocenters. The summed E-state index contributed by atoms with van der Waals surface area (Å²) >= 11 is 0. The highest BCUT2D eigenvalue weighted by Crippen LogP contribution is 2.30. The topological polar surface area (TPSA) is 79.5 Å². The molecule has 2 aromatic carbocycles. The molecule has 3 rings (SSSR count). The van der Waals surface area contributed by atoms with Crippen molar-refractivity contribution in [2.75, 3.05) is 24.3 Å². The normalized spacial score (nSPS) is 14.1. The Morgan fingerprint density at radius 3 is 2.50 bits per heavy atom. The second-order valence-electron chi connectivity index (χ2n) is 7.10. The van der Waals surface area contributed by atoms with Crippen LogP contribution in [0.3, 0.4) is 0 Å². The van der Waals surface area contributed by atoms with Crippen molar-refractivity contribution < 1.29 is 14.3 Å². The van der Waals surface area contributed by atoms with E-state index in [2.05, 4.69) is 16.0 Å². The van der Waals surface area contributed by atoms with E-state index in [4.69, 9.17) is 4.74 Å². The van der Waals surface area contributed by atoms with E-state index in [0.29, 0.717) is 6.54 Å². The lowest BCUT2D eigenvalue weighted by Gasteiger charge is -2.16. The van der Waals surface area contributed by atoms with Crippen LogP contribution in [0.4, 0.5) is 11.4 Å². The number of amides is 2. The van der Waals surface area contributed by atoms with Crippen LogP contribution in [0.2, 0.25) is 0 Å². The Labute approximate surface area is 165 Å². The second kappa shape index (κ2) is 9.26. The smallest absolute Gasteiger partial charge is 0.242 e. The summed E-state index contributed by atoms with van der Waals surface area (Å²) in [7, 11) is 1.64.